The maximum Gasteiger partial charge on any atom is 0.256 e. The van der Waals surface area contributed by atoms with Gasteiger partial charge in [0.25, 0.3) is 5.91 Å². The van der Waals surface area contributed by atoms with Crippen molar-refractivity contribution in [2.75, 3.05) is 5.32 Å². The second kappa shape index (κ2) is 6.11. The third kappa shape index (κ3) is 3.20. The molecule has 0 fully saturated rings. The molecule has 2 aromatic rings. The fourth-order valence-corrected chi connectivity index (χ4v) is 2.20. The van der Waals surface area contributed by atoms with E-state index in [1.807, 2.05) is 0 Å². The summed E-state index contributed by atoms with van der Waals surface area (Å²) in [6, 6.07) is 11.1. The molecule has 6 heteroatoms. The van der Waals surface area contributed by atoms with Gasteiger partial charge in [-0.1, -0.05) is 24.4 Å². The Morgan fingerprint density at radius 2 is 1.95 bits per heavy atom. The molecular formula is C14H10BrFN2OS. The van der Waals surface area contributed by atoms with Gasteiger partial charge in [0.15, 0.2) is 0 Å². The van der Waals surface area contributed by atoms with E-state index >= 15 is 0 Å². The summed E-state index contributed by atoms with van der Waals surface area (Å²) in [6.07, 6.45) is 0. The van der Waals surface area contributed by atoms with E-state index in [4.69, 9.17) is 18.0 Å². The molecule has 2 aromatic carbocycles. The van der Waals surface area contributed by atoms with Crippen molar-refractivity contribution in [3.63, 3.8) is 0 Å². The highest BCUT2D eigenvalue weighted by Gasteiger charge is 2.12. The molecule has 0 spiro atoms. The lowest BCUT2D eigenvalue weighted by Crippen LogP contribution is -2.15. The van der Waals surface area contributed by atoms with Gasteiger partial charge in [-0.25, -0.2) is 4.39 Å². The Morgan fingerprint density at radius 3 is 2.55 bits per heavy atom. The van der Waals surface area contributed by atoms with Crippen molar-refractivity contribution in [3.8, 4) is 0 Å². The summed E-state index contributed by atoms with van der Waals surface area (Å²) in [4.78, 5) is 12.2. The number of carbonyl (C=O) groups excluding carboxylic acids is 1. The smallest absolute Gasteiger partial charge is 0.256 e. The van der Waals surface area contributed by atoms with Gasteiger partial charge in [-0.3, -0.25) is 4.79 Å². The predicted octanol–water partition coefficient (Wildman–Crippen LogP) is 3.47. The number of hydrogen-bond acceptors (Lipinski definition) is 2. The standard InChI is InChI=1S/C14H10BrFN2OS/c15-10-4-2-1-3-9(10)14(19)18-12-6-5-8(13(17)20)7-11(12)16/h1-7H,(H2,17,20)(H,18,19). The summed E-state index contributed by atoms with van der Waals surface area (Å²) >= 11 is 8.04. The van der Waals surface area contributed by atoms with Crippen LogP contribution in [0, 0.1) is 5.82 Å². The summed E-state index contributed by atoms with van der Waals surface area (Å²) in [5, 5.41) is 2.51. The fourth-order valence-electron chi connectivity index (χ4n) is 1.60. The van der Waals surface area contributed by atoms with Crippen LogP contribution in [0.1, 0.15) is 15.9 Å². The quantitative estimate of drug-likeness (QED) is 0.831. The normalized spacial score (nSPS) is 10.1. The zero-order valence-corrected chi connectivity index (χ0v) is 12.6. The number of nitrogens with two attached hydrogens (primary N) is 1. The first kappa shape index (κ1) is 14.6. The first-order chi connectivity index (χ1) is 9.49. The molecule has 20 heavy (non-hydrogen) atoms. The number of amides is 1. The van der Waals surface area contributed by atoms with E-state index in [0.717, 1.165) is 0 Å². The molecule has 1 amide bonds. The average molecular weight is 353 g/mol. The van der Waals surface area contributed by atoms with Crippen molar-refractivity contribution in [2.24, 2.45) is 5.73 Å². The number of benzene rings is 2. The minimum absolute atomic E-state index is 0.0748. The molecule has 2 rings (SSSR count). The van der Waals surface area contributed by atoms with Gasteiger partial charge in [0.1, 0.15) is 10.8 Å². The van der Waals surface area contributed by atoms with Crippen LogP contribution in [0.2, 0.25) is 0 Å². The van der Waals surface area contributed by atoms with Crippen LogP contribution >= 0.6 is 28.1 Å². The number of thiocarbonyl (C=S) groups is 1. The monoisotopic (exact) mass is 352 g/mol. The van der Waals surface area contributed by atoms with Crippen molar-refractivity contribution in [1.29, 1.82) is 0 Å². The number of hydrogen-bond donors (Lipinski definition) is 2. The Morgan fingerprint density at radius 1 is 1.25 bits per heavy atom. The van der Waals surface area contributed by atoms with E-state index < -0.39 is 11.7 Å². The Bertz CT molecular complexity index is 691. The molecule has 0 aliphatic heterocycles. The van der Waals surface area contributed by atoms with Gasteiger partial charge in [0.05, 0.1) is 11.3 Å². The summed E-state index contributed by atoms with van der Waals surface area (Å²) in [5.74, 6) is -0.991. The predicted molar refractivity (Wildman–Crippen MR) is 84.4 cm³/mol. The molecule has 0 heterocycles. The van der Waals surface area contributed by atoms with Crippen molar-refractivity contribution in [1.82, 2.24) is 0 Å². The highest BCUT2D eigenvalue weighted by Crippen LogP contribution is 2.20. The minimum atomic E-state index is -0.587. The van der Waals surface area contributed by atoms with E-state index in [-0.39, 0.29) is 10.7 Å². The van der Waals surface area contributed by atoms with Gasteiger partial charge < -0.3 is 11.1 Å². The van der Waals surface area contributed by atoms with Gasteiger partial charge >= 0.3 is 0 Å². The molecule has 3 nitrogen and oxygen atoms in total. The molecule has 3 N–H and O–H groups in total. The number of anilines is 1. The second-order valence-corrected chi connectivity index (χ2v) is 5.29. The summed E-state index contributed by atoms with van der Waals surface area (Å²) in [5.41, 5.74) is 6.33. The molecule has 0 aromatic heterocycles. The van der Waals surface area contributed by atoms with Crippen molar-refractivity contribution < 1.29 is 9.18 Å². The zero-order chi connectivity index (χ0) is 14.7. The molecule has 0 atom stereocenters. The SMILES string of the molecule is NC(=S)c1ccc(NC(=O)c2ccccc2Br)c(F)c1. The molecule has 0 aliphatic carbocycles. The van der Waals surface area contributed by atoms with Crippen LogP contribution in [0.4, 0.5) is 10.1 Å². The molecule has 0 radical (unpaired) electrons. The van der Waals surface area contributed by atoms with Crippen molar-refractivity contribution in [3.05, 3.63) is 63.9 Å². The lowest BCUT2D eigenvalue weighted by atomic mass is 10.1. The summed E-state index contributed by atoms with van der Waals surface area (Å²) < 4.78 is 14.5. The average Bonchev–Trinajstić information content (AvgIpc) is 2.41. The highest BCUT2D eigenvalue weighted by molar-refractivity contribution is 9.10. The van der Waals surface area contributed by atoms with Crippen LogP contribution in [0.5, 0.6) is 0 Å². The first-order valence-corrected chi connectivity index (χ1v) is 6.84. The molecule has 0 unspecified atom stereocenters. The van der Waals surface area contributed by atoms with Gasteiger partial charge in [-0.2, -0.15) is 0 Å². The van der Waals surface area contributed by atoms with E-state index in [2.05, 4.69) is 21.2 Å². The molecular weight excluding hydrogens is 343 g/mol. The van der Waals surface area contributed by atoms with Gasteiger partial charge in [0.2, 0.25) is 0 Å². The fraction of sp³-hybridized carbons (Fsp3) is 0. The molecule has 0 bridgehead atoms. The lowest BCUT2D eigenvalue weighted by Gasteiger charge is -2.09. The van der Waals surface area contributed by atoms with Crippen LogP contribution in [0.15, 0.2) is 46.9 Å². The van der Waals surface area contributed by atoms with Crippen LogP contribution in [0.3, 0.4) is 0 Å². The third-order valence-electron chi connectivity index (χ3n) is 2.62. The van der Waals surface area contributed by atoms with Crippen LogP contribution in [0.25, 0.3) is 0 Å². The maximum atomic E-state index is 13.8. The van der Waals surface area contributed by atoms with Gasteiger partial charge in [-0.15, -0.1) is 0 Å². The Kier molecular flexibility index (Phi) is 4.46. The molecule has 102 valence electrons. The van der Waals surface area contributed by atoms with E-state index in [9.17, 15) is 9.18 Å². The third-order valence-corrected chi connectivity index (χ3v) is 3.55. The molecule has 0 saturated heterocycles. The number of halogens is 2. The van der Waals surface area contributed by atoms with E-state index in [0.29, 0.717) is 15.6 Å². The number of nitrogens with one attached hydrogen (secondary N) is 1. The summed E-state index contributed by atoms with van der Waals surface area (Å²) in [6.45, 7) is 0. The Balaban J connectivity index is 2.25. The van der Waals surface area contributed by atoms with Crippen LogP contribution < -0.4 is 11.1 Å². The zero-order valence-electron chi connectivity index (χ0n) is 10.2. The van der Waals surface area contributed by atoms with E-state index in [1.165, 1.54) is 12.1 Å². The Hall–Kier alpha value is -1.79. The first-order valence-electron chi connectivity index (χ1n) is 5.64. The highest BCUT2D eigenvalue weighted by atomic mass is 79.9. The van der Waals surface area contributed by atoms with Crippen molar-refractivity contribution in [2.45, 2.75) is 0 Å². The van der Waals surface area contributed by atoms with Gasteiger partial charge in [-0.05, 0) is 46.3 Å². The molecule has 0 saturated carbocycles. The lowest BCUT2D eigenvalue weighted by molar-refractivity contribution is 0.102. The van der Waals surface area contributed by atoms with Crippen LogP contribution in [-0.2, 0) is 0 Å². The topological polar surface area (TPSA) is 55.1 Å². The van der Waals surface area contributed by atoms with Gasteiger partial charge in [0, 0.05) is 10.0 Å². The van der Waals surface area contributed by atoms with E-state index in [1.54, 1.807) is 30.3 Å². The number of carbonyl (C=O) groups is 1. The largest absolute Gasteiger partial charge is 0.389 e. The van der Waals surface area contributed by atoms with Crippen LogP contribution in [-0.4, -0.2) is 10.9 Å². The van der Waals surface area contributed by atoms with Crippen molar-refractivity contribution >= 4 is 44.7 Å². The minimum Gasteiger partial charge on any atom is -0.389 e. The number of rotatable bonds is 3. The maximum absolute atomic E-state index is 13.8. The molecule has 0 aliphatic rings. The second-order valence-electron chi connectivity index (χ2n) is 3.99. The Labute approximate surface area is 129 Å². The summed E-state index contributed by atoms with van der Waals surface area (Å²) in [7, 11) is 0.